The topological polar surface area (TPSA) is 71.5 Å². The Labute approximate surface area is 98.6 Å². The van der Waals surface area contributed by atoms with Gasteiger partial charge >= 0.3 is 9.24 Å². The Hall–Kier alpha value is 0.500. The van der Waals surface area contributed by atoms with Crippen molar-refractivity contribution in [2.24, 2.45) is 0 Å². The average molecular weight is 294 g/mol. The maximum absolute atomic E-state index is 11.6. The molecule has 0 amide bonds. The lowest BCUT2D eigenvalue weighted by Crippen LogP contribution is -2.49. The molecule has 1 fully saturated rings. The van der Waals surface area contributed by atoms with Gasteiger partial charge in [-0.05, 0) is 0 Å². The maximum Gasteiger partial charge on any atom is 0.301 e. The summed E-state index contributed by atoms with van der Waals surface area (Å²) in [5.41, 5.74) is 0. The van der Waals surface area contributed by atoms with Gasteiger partial charge in [-0.15, -0.1) is 0 Å². The Balaban J connectivity index is 3.05. The molecule has 1 unspecified atom stereocenters. The highest BCUT2D eigenvalue weighted by molar-refractivity contribution is 8.12. The highest BCUT2D eigenvalue weighted by Crippen LogP contribution is 2.25. The van der Waals surface area contributed by atoms with Gasteiger partial charge in [-0.2, -0.15) is 24.5 Å². The maximum atomic E-state index is 11.6. The first-order chi connectivity index (χ1) is 6.79. The Morgan fingerprint density at radius 1 is 1.40 bits per heavy atom. The fraction of sp³-hybridized carbons (Fsp3) is 1.00. The zero-order valence-corrected chi connectivity index (χ0v) is 11.3. The number of halogens is 1. The molecule has 0 N–H and O–H groups in total. The third-order valence-electron chi connectivity index (χ3n) is 2.13. The second kappa shape index (κ2) is 4.79. The second-order valence-corrected chi connectivity index (χ2v) is 9.09. The predicted octanol–water partition coefficient (Wildman–Crippen LogP) is 0.280. The molecule has 0 aromatic carbocycles. The molecule has 1 saturated heterocycles. The molecule has 5 nitrogen and oxygen atoms in total. The van der Waals surface area contributed by atoms with Crippen LogP contribution in [0.5, 0.6) is 0 Å². The van der Waals surface area contributed by atoms with Crippen LogP contribution in [0, 0.1) is 0 Å². The molecule has 0 saturated carbocycles. The van der Waals surface area contributed by atoms with Crippen molar-refractivity contribution in [3.05, 3.63) is 0 Å². The molecule has 15 heavy (non-hydrogen) atoms. The van der Waals surface area contributed by atoms with Crippen molar-refractivity contribution >= 4 is 41.5 Å². The number of hydrogen-bond acceptors (Lipinski definition) is 5. The fourth-order valence-electron chi connectivity index (χ4n) is 1.29. The van der Waals surface area contributed by atoms with E-state index in [0.29, 0.717) is 5.75 Å². The van der Waals surface area contributed by atoms with Gasteiger partial charge in [0, 0.05) is 34.5 Å². The molecule has 1 atom stereocenters. The summed E-state index contributed by atoms with van der Waals surface area (Å²) in [6, 6.07) is 0. The zero-order valence-electron chi connectivity index (χ0n) is 8.09. The molecule has 1 aliphatic heterocycles. The van der Waals surface area contributed by atoms with E-state index in [1.165, 1.54) is 18.7 Å². The Morgan fingerprint density at radius 3 is 2.47 bits per heavy atom. The first-order valence-electron chi connectivity index (χ1n) is 4.30. The van der Waals surface area contributed by atoms with Gasteiger partial charge in [0.1, 0.15) is 5.37 Å². The Morgan fingerprint density at radius 2 is 2.00 bits per heavy atom. The smallest absolute Gasteiger partial charge is 0.227 e. The minimum Gasteiger partial charge on any atom is -0.227 e. The minimum absolute atomic E-state index is 0.0822. The monoisotopic (exact) mass is 293 g/mol. The van der Waals surface area contributed by atoms with E-state index in [-0.39, 0.29) is 18.1 Å². The lowest BCUT2D eigenvalue weighted by Gasteiger charge is -2.31. The summed E-state index contributed by atoms with van der Waals surface area (Å²) in [5.74, 6) is 0.741. The SMILES string of the molecule is CCS(=O)(=O)C1CSCCN1S(=O)(=O)Cl. The Kier molecular flexibility index (Phi) is 4.33. The number of sulfone groups is 1. The summed E-state index contributed by atoms with van der Waals surface area (Å²) >= 11 is 1.42. The number of hydrogen-bond donors (Lipinski definition) is 0. The summed E-state index contributed by atoms with van der Waals surface area (Å²) in [7, 11) is -2.17. The van der Waals surface area contributed by atoms with Gasteiger partial charge < -0.3 is 0 Å². The summed E-state index contributed by atoms with van der Waals surface area (Å²) < 4.78 is 46.5. The van der Waals surface area contributed by atoms with Crippen molar-refractivity contribution in [1.82, 2.24) is 4.31 Å². The molecule has 0 aromatic rings. The van der Waals surface area contributed by atoms with E-state index in [0.717, 1.165) is 4.31 Å². The summed E-state index contributed by atoms with van der Waals surface area (Å²) in [6.07, 6.45) is 0. The van der Waals surface area contributed by atoms with E-state index in [1.807, 2.05) is 0 Å². The van der Waals surface area contributed by atoms with Crippen LogP contribution in [-0.2, 0) is 19.1 Å². The predicted molar refractivity (Wildman–Crippen MR) is 62.1 cm³/mol. The lowest BCUT2D eigenvalue weighted by atomic mass is 10.6. The van der Waals surface area contributed by atoms with Crippen LogP contribution < -0.4 is 0 Å². The quantitative estimate of drug-likeness (QED) is 0.699. The number of thioether (sulfide) groups is 1. The van der Waals surface area contributed by atoms with Gasteiger partial charge in [0.05, 0.1) is 0 Å². The fourth-order valence-corrected chi connectivity index (χ4v) is 6.38. The lowest BCUT2D eigenvalue weighted by molar-refractivity contribution is 0.413. The summed E-state index contributed by atoms with van der Waals surface area (Å²) in [6.45, 7) is 1.65. The molecule has 1 rings (SSSR count). The standard InChI is InChI=1S/C6H12ClNO4S3/c1-2-14(9,10)6-5-13-4-3-8(6)15(7,11)12/h6H,2-5H2,1H3. The van der Waals surface area contributed by atoms with E-state index in [4.69, 9.17) is 10.7 Å². The van der Waals surface area contributed by atoms with Crippen LogP contribution in [-0.4, -0.2) is 50.3 Å². The van der Waals surface area contributed by atoms with Crippen molar-refractivity contribution < 1.29 is 16.8 Å². The molecule has 9 heteroatoms. The van der Waals surface area contributed by atoms with Gasteiger partial charge in [-0.1, -0.05) is 6.92 Å². The van der Waals surface area contributed by atoms with E-state index in [1.54, 1.807) is 0 Å². The third-order valence-corrected chi connectivity index (χ3v) is 7.09. The zero-order chi connectivity index (χ0) is 11.7. The van der Waals surface area contributed by atoms with E-state index in [9.17, 15) is 16.8 Å². The molecule has 0 bridgehead atoms. The van der Waals surface area contributed by atoms with Gasteiger partial charge in [0.15, 0.2) is 9.84 Å². The Bertz CT molecular complexity index is 418. The van der Waals surface area contributed by atoms with E-state index < -0.39 is 24.4 Å². The van der Waals surface area contributed by atoms with Gasteiger partial charge in [0.2, 0.25) is 0 Å². The molecule has 90 valence electrons. The molecular weight excluding hydrogens is 282 g/mol. The van der Waals surface area contributed by atoms with Gasteiger partial charge in [0.25, 0.3) is 0 Å². The molecule has 1 aliphatic rings. The van der Waals surface area contributed by atoms with Crippen molar-refractivity contribution in [1.29, 1.82) is 0 Å². The van der Waals surface area contributed by atoms with Crippen LogP contribution in [0.15, 0.2) is 0 Å². The molecule has 0 spiro atoms. The van der Waals surface area contributed by atoms with Crippen LogP contribution in [0.3, 0.4) is 0 Å². The summed E-state index contributed by atoms with van der Waals surface area (Å²) in [5, 5.41) is -1.01. The molecule has 1 heterocycles. The largest absolute Gasteiger partial charge is 0.301 e. The second-order valence-electron chi connectivity index (χ2n) is 3.03. The van der Waals surface area contributed by atoms with Crippen molar-refractivity contribution in [2.45, 2.75) is 12.3 Å². The van der Waals surface area contributed by atoms with Crippen LogP contribution in [0.2, 0.25) is 0 Å². The minimum atomic E-state index is -3.96. The van der Waals surface area contributed by atoms with Crippen molar-refractivity contribution in [3.63, 3.8) is 0 Å². The summed E-state index contributed by atoms with van der Waals surface area (Å²) in [4.78, 5) is 0. The number of rotatable bonds is 3. The third kappa shape index (κ3) is 3.23. The molecule has 0 radical (unpaired) electrons. The van der Waals surface area contributed by atoms with Gasteiger partial charge in [-0.25, -0.2) is 8.42 Å². The van der Waals surface area contributed by atoms with Crippen molar-refractivity contribution in [3.8, 4) is 0 Å². The average Bonchev–Trinajstić information content (AvgIpc) is 2.16. The van der Waals surface area contributed by atoms with Crippen molar-refractivity contribution in [2.75, 3.05) is 23.8 Å². The molecular formula is C6H12ClNO4S3. The van der Waals surface area contributed by atoms with Crippen LogP contribution in [0.4, 0.5) is 0 Å². The first-order valence-corrected chi connectivity index (χ1v) is 9.43. The normalized spacial score (nSPS) is 25.3. The van der Waals surface area contributed by atoms with Crippen LogP contribution in [0.1, 0.15) is 6.92 Å². The highest BCUT2D eigenvalue weighted by atomic mass is 35.7. The van der Waals surface area contributed by atoms with Gasteiger partial charge in [-0.3, -0.25) is 0 Å². The van der Waals surface area contributed by atoms with E-state index >= 15 is 0 Å². The number of nitrogens with zero attached hydrogens (tertiary/aromatic N) is 1. The van der Waals surface area contributed by atoms with E-state index in [2.05, 4.69) is 0 Å². The molecule has 0 aliphatic carbocycles. The molecule has 0 aromatic heterocycles. The highest BCUT2D eigenvalue weighted by Gasteiger charge is 2.38. The van der Waals surface area contributed by atoms with Crippen LogP contribution >= 0.6 is 22.4 Å². The van der Waals surface area contributed by atoms with Crippen LogP contribution in [0.25, 0.3) is 0 Å². The first kappa shape index (κ1) is 13.6.